The van der Waals surface area contributed by atoms with Crippen molar-refractivity contribution in [2.24, 2.45) is 0 Å². The van der Waals surface area contributed by atoms with Crippen molar-refractivity contribution in [1.29, 1.82) is 0 Å². The largest absolute Gasteiger partial charge is 0.392 e. The van der Waals surface area contributed by atoms with Crippen LogP contribution in [0.15, 0.2) is 6.20 Å². The standard InChI is InChI=1S/C7H5ClF2INO/c8-6-4(7(9)10)5(11)3(2-13)1-12-6/h1,7,13H,2H2. The van der Waals surface area contributed by atoms with Gasteiger partial charge in [0.05, 0.1) is 12.2 Å². The fourth-order valence-electron chi connectivity index (χ4n) is 0.820. The molecule has 0 aliphatic heterocycles. The van der Waals surface area contributed by atoms with Crippen LogP contribution in [0.3, 0.4) is 0 Å². The Morgan fingerprint density at radius 3 is 2.69 bits per heavy atom. The Labute approximate surface area is 92.1 Å². The number of aromatic nitrogens is 1. The summed E-state index contributed by atoms with van der Waals surface area (Å²) in [6.07, 6.45) is -1.38. The van der Waals surface area contributed by atoms with E-state index in [0.717, 1.165) is 0 Å². The minimum atomic E-state index is -2.67. The van der Waals surface area contributed by atoms with Crippen molar-refractivity contribution >= 4 is 34.2 Å². The Morgan fingerprint density at radius 1 is 1.62 bits per heavy atom. The molecule has 0 aromatic carbocycles. The lowest BCUT2D eigenvalue weighted by atomic mass is 10.2. The van der Waals surface area contributed by atoms with Gasteiger partial charge in [-0.05, 0) is 22.6 Å². The second-order valence-electron chi connectivity index (χ2n) is 2.26. The third-order valence-corrected chi connectivity index (χ3v) is 3.04. The molecule has 0 radical (unpaired) electrons. The quantitative estimate of drug-likeness (QED) is 0.672. The van der Waals surface area contributed by atoms with Crippen LogP contribution in [0.25, 0.3) is 0 Å². The first-order valence-electron chi connectivity index (χ1n) is 3.29. The highest BCUT2D eigenvalue weighted by Gasteiger charge is 2.19. The van der Waals surface area contributed by atoms with Crippen molar-refractivity contribution in [3.05, 3.63) is 26.0 Å². The summed E-state index contributed by atoms with van der Waals surface area (Å²) in [6.45, 7) is -0.317. The van der Waals surface area contributed by atoms with Crippen LogP contribution in [0, 0.1) is 3.57 Å². The van der Waals surface area contributed by atoms with Crippen molar-refractivity contribution < 1.29 is 13.9 Å². The molecule has 0 aliphatic rings. The van der Waals surface area contributed by atoms with Crippen molar-refractivity contribution in [3.63, 3.8) is 0 Å². The highest BCUT2D eigenvalue weighted by atomic mass is 127. The lowest BCUT2D eigenvalue weighted by molar-refractivity contribution is 0.149. The summed E-state index contributed by atoms with van der Waals surface area (Å²) in [5.41, 5.74) is 0.0501. The molecule has 1 heterocycles. The Hall–Kier alpha value is -0.0100. The van der Waals surface area contributed by atoms with E-state index >= 15 is 0 Å². The second kappa shape index (κ2) is 4.47. The number of hydrogen-bond acceptors (Lipinski definition) is 2. The molecule has 0 amide bonds. The number of hydrogen-bond donors (Lipinski definition) is 1. The fourth-order valence-corrected chi connectivity index (χ4v) is 2.01. The number of nitrogens with zero attached hydrogens (tertiary/aromatic N) is 1. The van der Waals surface area contributed by atoms with Gasteiger partial charge in [0.25, 0.3) is 6.43 Å². The number of alkyl halides is 2. The summed E-state index contributed by atoms with van der Waals surface area (Å²) in [5, 5.41) is 8.57. The van der Waals surface area contributed by atoms with Gasteiger partial charge in [0.1, 0.15) is 5.15 Å². The summed E-state index contributed by atoms with van der Waals surface area (Å²) < 4.78 is 25.1. The van der Waals surface area contributed by atoms with E-state index < -0.39 is 6.43 Å². The molecular formula is C7H5ClF2INO. The van der Waals surface area contributed by atoms with Gasteiger partial charge < -0.3 is 5.11 Å². The number of pyridine rings is 1. The third-order valence-electron chi connectivity index (χ3n) is 1.46. The van der Waals surface area contributed by atoms with E-state index in [0.29, 0.717) is 5.56 Å². The molecule has 0 atom stereocenters. The highest BCUT2D eigenvalue weighted by molar-refractivity contribution is 14.1. The summed E-state index contributed by atoms with van der Waals surface area (Å²) >= 11 is 7.19. The van der Waals surface area contributed by atoms with Crippen LogP contribution >= 0.6 is 34.2 Å². The number of aliphatic hydroxyl groups excluding tert-OH is 1. The van der Waals surface area contributed by atoms with Crippen LogP contribution in [0.4, 0.5) is 8.78 Å². The van der Waals surface area contributed by atoms with Crippen LogP contribution in [-0.4, -0.2) is 10.1 Å². The molecule has 0 fully saturated rings. The Balaban J connectivity index is 3.30. The minimum Gasteiger partial charge on any atom is -0.392 e. The topological polar surface area (TPSA) is 33.1 Å². The summed E-state index contributed by atoms with van der Waals surface area (Å²) in [5.74, 6) is 0. The molecule has 13 heavy (non-hydrogen) atoms. The molecule has 1 rings (SSSR count). The van der Waals surface area contributed by atoms with Crippen molar-refractivity contribution in [3.8, 4) is 0 Å². The average Bonchev–Trinajstić information content (AvgIpc) is 2.04. The van der Waals surface area contributed by atoms with Crippen LogP contribution in [0.5, 0.6) is 0 Å². The van der Waals surface area contributed by atoms with Crippen LogP contribution in [0.1, 0.15) is 17.6 Å². The summed E-state index contributed by atoms with van der Waals surface area (Å²) in [6, 6.07) is 0. The van der Waals surface area contributed by atoms with Gasteiger partial charge in [0.15, 0.2) is 0 Å². The molecule has 0 saturated carbocycles. The molecule has 6 heteroatoms. The molecule has 1 aromatic rings. The fraction of sp³-hybridized carbons (Fsp3) is 0.286. The molecule has 72 valence electrons. The first-order chi connectivity index (χ1) is 6.07. The van der Waals surface area contributed by atoms with Gasteiger partial charge in [-0.25, -0.2) is 13.8 Å². The zero-order valence-electron chi connectivity index (χ0n) is 6.27. The van der Waals surface area contributed by atoms with Gasteiger partial charge in [0.2, 0.25) is 0 Å². The maximum atomic E-state index is 12.4. The molecule has 0 bridgehead atoms. The first-order valence-corrected chi connectivity index (χ1v) is 4.75. The van der Waals surface area contributed by atoms with E-state index in [-0.39, 0.29) is 20.9 Å². The van der Waals surface area contributed by atoms with E-state index in [2.05, 4.69) is 4.98 Å². The minimum absolute atomic E-state index is 0.211. The van der Waals surface area contributed by atoms with Crippen LogP contribution < -0.4 is 0 Å². The molecular weight excluding hydrogens is 314 g/mol. The summed E-state index contributed by atoms with van der Waals surface area (Å²) in [4.78, 5) is 3.55. The number of rotatable bonds is 2. The van der Waals surface area contributed by atoms with Gasteiger partial charge in [-0.2, -0.15) is 0 Å². The van der Waals surface area contributed by atoms with E-state index in [1.165, 1.54) is 6.20 Å². The number of aliphatic hydroxyl groups is 1. The van der Waals surface area contributed by atoms with Gasteiger partial charge >= 0.3 is 0 Å². The molecule has 0 unspecified atom stereocenters. The monoisotopic (exact) mass is 319 g/mol. The smallest absolute Gasteiger partial charge is 0.267 e. The normalized spacial score (nSPS) is 10.9. The molecule has 0 aliphatic carbocycles. The Bertz CT molecular complexity index is 322. The molecule has 1 N–H and O–H groups in total. The van der Waals surface area contributed by atoms with E-state index in [1.807, 2.05) is 0 Å². The predicted molar refractivity (Wildman–Crippen MR) is 52.8 cm³/mol. The van der Waals surface area contributed by atoms with Gasteiger partial charge in [-0.3, -0.25) is 0 Å². The van der Waals surface area contributed by atoms with Crippen LogP contribution in [-0.2, 0) is 6.61 Å². The SMILES string of the molecule is OCc1cnc(Cl)c(C(F)F)c1I. The third kappa shape index (κ3) is 2.26. The molecule has 0 spiro atoms. The van der Waals surface area contributed by atoms with Gasteiger partial charge in [-0.15, -0.1) is 0 Å². The summed E-state index contributed by atoms with van der Waals surface area (Å²) in [7, 11) is 0. The molecule has 2 nitrogen and oxygen atoms in total. The Morgan fingerprint density at radius 2 is 2.23 bits per heavy atom. The molecule has 1 aromatic heterocycles. The zero-order valence-corrected chi connectivity index (χ0v) is 9.18. The predicted octanol–water partition coefficient (Wildman–Crippen LogP) is 2.77. The van der Waals surface area contributed by atoms with Gasteiger partial charge in [0, 0.05) is 15.3 Å². The van der Waals surface area contributed by atoms with Gasteiger partial charge in [-0.1, -0.05) is 11.6 Å². The highest BCUT2D eigenvalue weighted by Crippen LogP contribution is 2.31. The van der Waals surface area contributed by atoms with Crippen molar-refractivity contribution in [2.45, 2.75) is 13.0 Å². The Kier molecular flexibility index (Phi) is 3.81. The van der Waals surface area contributed by atoms with E-state index in [9.17, 15) is 8.78 Å². The van der Waals surface area contributed by atoms with Crippen molar-refractivity contribution in [2.75, 3.05) is 0 Å². The first kappa shape index (κ1) is 11.1. The van der Waals surface area contributed by atoms with E-state index in [4.69, 9.17) is 16.7 Å². The lowest BCUT2D eigenvalue weighted by Crippen LogP contribution is -1.99. The number of halogens is 4. The van der Waals surface area contributed by atoms with Crippen molar-refractivity contribution in [1.82, 2.24) is 4.98 Å². The zero-order chi connectivity index (χ0) is 10.0. The maximum absolute atomic E-state index is 12.4. The molecule has 0 saturated heterocycles. The van der Waals surface area contributed by atoms with Crippen LogP contribution in [0.2, 0.25) is 5.15 Å². The lowest BCUT2D eigenvalue weighted by Gasteiger charge is -2.08. The second-order valence-corrected chi connectivity index (χ2v) is 3.70. The average molecular weight is 319 g/mol. The van der Waals surface area contributed by atoms with E-state index in [1.54, 1.807) is 22.6 Å². The maximum Gasteiger partial charge on any atom is 0.267 e.